The zero-order valence-corrected chi connectivity index (χ0v) is 17.8. The molecule has 2 amide bonds. The molecule has 9 heteroatoms. The van der Waals surface area contributed by atoms with Gasteiger partial charge >= 0.3 is 11.8 Å². The Morgan fingerprint density at radius 2 is 1.70 bits per heavy atom. The van der Waals surface area contributed by atoms with Crippen LogP contribution in [0.5, 0.6) is 0 Å². The first-order valence-corrected chi connectivity index (χ1v) is 10.2. The molecular weight excluding hydrogens is 445 g/mol. The number of aromatic nitrogens is 1. The molecule has 164 valence electrons. The van der Waals surface area contributed by atoms with Gasteiger partial charge < -0.3 is 10.6 Å². The number of carbonyl (C=O) groups is 2. The molecule has 0 saturated carbocycles. The van der Waals surface area contributed by atoms with Crippen LogP contribution in [0, 0.1) is 5.82 Å². The number of carbonyl (C=O) groups excluding carboxylic acids is 2. The van der Waals surface area contributed by atoms with E-state index < -0.39 is 17.6 Å². The lowest BCUT2D eigenvalue weighted by Crippen LogP contribution is -2.32. The standard InChI is InChI=1S/C24H17ClFN5O2/c25-16-5-10-19-21(11-12-27-22(19)13-16)29-17-6-8-18(9-7-17)30-23(32)24(33)31-28-14-15-3-1-2-4-20(15)26/h1-14H,(H,27,29)(H,30,32)(H,31,33)/b28-14+. The van der Waals surface area contributed by atoms with Crippen LogP contribution in [0.4, 0.5) is 21.5 Å². The summed E-state index contributed by atoms with van der Waals surface area (Å²) >= 11 is 6.03. The molecule has 0 atom stereocenters. The van der Waals surface area contributed by atoms with Gasteiger partial charge in [0.15, 0.2) is 0 Å². The van der Waals surface area contributed by atoms with Crippen LogP contribution in [-0.4, -0.2) is 23.0 Å². The average Bonchev–Trinajstić information content (AvgIpc) is 2.81. The predicted molar refractivity (Wildman–Crippen MR) is 127 cm³/mol. The number of fused-ring (bicyclic) bond motifs is 1. The Morgan fingerprint density at radius 3 is 2.48 bits per heavy atom. The highest BCUT2D eigenvalue weighted by atomic mass is 35.5. The Labute approximate surface area is 193 Å². The molecule has 7 nitrogen and oxygen atoms in total. The lowest BCUT2D eigenvalue weighted by Gasteiger charge is -2.11. The van der Waals surface area contributed by atoms with Gasteiger partial charge in [0, 0.05) is 39.2 Å². The highest BCUT2D eigenvalue weighted by molar-refractivity contribution is 6.39. The van der Waals surface area contributed by atoms with Crippen molar-refractivity contribution in [1.82, 2.24) is 10.4 Å². The van der Waals surface area contributed by atoms with Crippen molar-refractivity contribution in [3.05, 3.63) is 95.4 Å². The van der Waals surface area contributed by atoms with Gasteiger partial charge in [-0.05, 0) is 54.6 Å². The van der Waals surface area contributed by atoms with Gasteiger partial charge in [0.25, 0.3) is 0 Å². The Bertz CT molecular complexity index is 1360. The number of hydrazone groups is 1. The summed E-state index contributed by atoms with van der Waals surface area (Å²) in [5.41, 5.74) is 5.06. The molecule has 1 heterocycles. The second-order valence-corrected chi connectivity index (χ2v) is 7.33. The number of rotatable bonds is 5. The van der Waals surface area contributed by atoms with Crippen molar-refractivity contribution >= 4 is 57.6 Å². The fourth-order valence-electron chi connectivity index (χ4n) is 3.00. The smallest absolute Gasteiger partial charge is 0.329 e. The molecule has 33 heavy (non-hydrogen) atoms. The van der Waals surface area contributed by atoms with Gasteiger partial charge in [-0.3, -0.25) is 14.6 Å². The van der Waals surface area contributed by atoms with Crippen LogP contribution in [0.1, 0.15) is 5.56 Å². The van der Waals surface area contributed by atoms with Crippen molar-refractivity contribution in [2.75, 3.05) is 10.6 Å². The third-order valence-corrected chi connectivity index (χ3v) is 4.84. The number of hydrogen-bond donors (Lipinski definition) is 3. The first-order valence-electron chi connectivity index (χ1n) is 9.80. The quantitative estimate of drug-likeness (QED) is 0.225. The van der Waals surface area contributed by atoms with Crippen LogP contribution < -0.4 is 16.1 Å². The second kappa shape index (κ2) is 9.88. The first-order chi connectivity index (χ1) is 16.0. The fourth-order valence-corrected chi connectivity index (χ4v) is 3.17. The molecule has 0 spiro atoms. The first kappa shape index (κ1) is 21.9. The van der Waals surface area contributed by atoms with Crippen LogP contribution in [0.3, 0.4) is 0 Å². The number of amides is 2. The summed E-state index contributed by atoms with van der Waals surface area (Å²) in [5.74, 6) is -2.37. The summed E-state index contributed by atoms with van der Waals surface area (Å²) < 4.78 is 13.5. The van der Waals surface area contributed by atoms with Crippen LogP contribution in [0.25, 0.3) is 10.9 Å². The van der Waals surface area contributed by atoms with Crippen molar-refractivity contribution in [2.24, 2.45) is 5.10 Å². The minimum absolute atomic E-state index is 0.186. The van der Waals surface area contributed by atoms with E-state index >= 15 is 0 Å². The maximum absolute atomic E-state index is 13.5. The topological polar surface area (TPSA) is 95.5 Å². The maximum Gasteiger partial charge on any atom is 0.329 e. The predicted octanol–water partition coefficient (Wildman–Crippen LogP) is 4.86. The number of anilines is 3. The van der Waals surface area contributed by atoms with E-state index in [-0.39, 0.29) is 5.56 Å². The number of hydrogen-bond acceptors (Lipinski definition) is 5. The minimum Gasteiger partial charge on any atom is -0.355 e. The molecule has 0 fully saturated rings. The number of nitrogens with one attached hydrogen (secondary N) is 3. The zero-order valence-electron chi connectivity index (χ0n) is 17.0. The number of halogens is 2. The van der Waals surface area contributed by atoms with Gasteiger partial charge in [-0.25, -0.2) is 9.82 Å². The van der Waals surface area contributed by atoms with Crippen molar-refractivity contribution in [2.45, 2.75) is 0 Å². The summed E-state index contributed by atoms with van der Waals surface area (Å²) in [7, 11) is 0. The monoisotopic (exact) mass is 461 g/mol. The highest BCUT2D eigenvalue weighted by Gasteiger charge is 2.13. The number of benzene rings is 3. The largest absolute Gasteiger partial charge is 0.355 e. The van der Waals surface area contributed by atoms with E-state index in [2.05, 4.69) is 26.1 Å². The summed E-state index contributed by atoms with van der Waals surface area (Å²) in [5, 5.41) is 10.9. The van der Waals surface area contributed by atoms with Crippen LogP contribution in [-0.2, 0) is 9.59 Å². The van der Waals surface area contributed by atoms with Gasteiger partial charge in [0.1, 0.15) is 5.82 Å². The highest BCUT2D eigenvalue weighted by Crippen LogP contribution is 2.27. The molecule has 4 aromatic rings. The lowest BCUT2D eigenvalue weighted by molar-refractivity contribution is -0.136. The molecular formula is C24H17ClFN5O2. The van der Waals surface area contributed by atoms with Crippen molar-refractivity contribution in [3.63, 3.8) is 0 Å². The summed E-state index contributed by atoms with van der Waals surface area (Å²) in [6.45, 7) is 0. The average molecular weight is 462 g/mol. The van der Waals surface area contributed by atoms with E-state index in [0.717, 1.165) is 28.5 Å². The third kappa shape index (κ3) is 5.50. The molecule has 0 aliphatic carbocycles. The van der Waals surface area contributed by atoms with E-state index in [0.29, 0.717) is 10.7 Å². The molecule has 0 aliphatic rings. The van der Waals surface area contributed by atoms with E-state index in [1.165, 1.54) is 18.2 Å². The third-order valence-electron chi connectivity index (χ3n) is 4.61. The normalized spacial score (nSPS) is 10.8. The van der Waals surface area contributed by atoms with Gasteiger partial charge in [0.05, 0.1) is 11.7 Å². The van der Waals surface area contributed by atoms with Gasteiger partial charge in [-0.2, -0.15) is 5.10 Å². The van der Waals surface area contributed by atoms with Crippen molar-refractivity contribution < 1.29 is 14.0 Å². The summed E-state index contributed by atoms with van der Waals surface area (Å²) in [6.07, 6.45) is 2.81. The molecule has 0 radical (unpaired) electrons. The van der Waals surface area contributed by atoms with Gasteiger partial charge in [-0.15, -0.1) is 0 Å². The van der Waals surface area contributed by atoms with E-state index in [4.69, 9.17) is 11.6 Å². The van der Waals surface area contributed by atoms with E-state index in [1.807, 2.05) is 12.1 Å². The Hall–Kier alpha value is -4.30. The zero-order chi connectivity index (χ0) is 23.2. The summed E-state index contributed by atoms with van der Waals surface area (Å²) in [4.78, 5) is 28.3. The van der Waals surface area contributed by atoms with Crippen LogP contribution in [0.2, 0.25) is 5.02 Å². The second-order valence-electron chi connectivity index (χ2n) is 6.90. The van der Waals surface area contributed by atoms with Crippen LogP contribution in [0.15, 0.2) is 84.1 Å². The minimum atomic E-state index is -0.980. The Morgan fingerprint density at radius 1 is 0.939 bits per heavy atom. The molecule has 4 rings (SSSR count). The molecule has 1 aromatic heterocycles. The molecule has 3 aromatic carbocycles. The maximum atomic E-state index is 13.5. The number of pyridine rings is 1. The number of nitrogens with zero attached hydrogens (tertiary/aromatic N) is 2. The fraction of sp³-hybridized carbons (Fsp3) is 0. The molecule has 0 saturated heterocycles. The SMILES string of the molecule is O=C(N/N=C/c1ccccc1F)C(=O)Nc1ccc(Nc2ccnc3cc(Cl)ccc23)cc1. The van der Waals surface area contributed by atoms with Crippen molar-refractivity contribution in [1.29, 1.82) is 0 Å². The van der Waals surface area contributed by atoms with E-state index in [1.54, 1.807) is 48.7 Å². The molecule has 0 aliphatic heterocycles. The molecule has 3 N–H and O–H groups in total. The summed E-state index contributed by atoms with van der Waals surface area (Å²) in [6, 6.07) is 20.0. The van der Waals surface area contributed by atoms with Crippen LogP contribution >= 0.6 is 11.6 Å². The Kier molecular flexibility index (Phi) is 6.56. The lowest BCUT2D eigenvalue weighted by atomic mass is 10.2. The molecule has 0 bridgehead atoms. The van der Waals surface area contributed by atoms with E-state index in [9.17, 15) is 14.0 Å². The van der Waals surface area contributed by atoms with Gasteiger partial charge in [0.2, 0.25) is 0 Å². The van der Waals surface area contributed by atoms with Crippen molar-refractivity contribution in [3.8, 4) is 0 Å². The molecule has 0 unspecified atom stereocenters. The Balaban J connectivity index is 1.36. The van der Waals surface area contributed by atoms with Gasteiger partial charge in [-0.1, -0.05) is 29.8 Å².